The number of carboxylic acids is 1. The van der Waals surface area contributed by atoms with Crippen molar-refractivity contribution in [2.75, 3.05) is 0 Å². The number of hydrogen-bond donors (Lipinski definition) is 2. The highest BCUT2D eigenvalue weighted by Gasteiger charge is 2.18. The van der Waals surface area contributed by atoms with E-state index in [1.54, 1.807) is 24.5 Å². The average molecular weight is 284 g/mol. The topological polar surface area (TPSA) is 79.3 Å². The van der Waals surface area contributed by atoms with Crippen molar-refractivity contribution in [3.63, 3.8) is 0 Å². The lowest BCUT2D eigenvalue weighted by Gasteiger charge is -2.17. The minimum Gasteiger partial charge on any atom is -0.481 e. The van der Waals surface area contributed by atoms with Crippen molar-refractivity contribution in [1.82, 2.24) is 10.3 Å². The molecule has 2 aromatic rings. The zero-order valence-electron chi connectivity index (χ0n) is 11.4. The zero-order chi connectivity index (χ0) is 15.1. The maximum Gasteiger partial charge on any atom is 0.305 e. The molecule has 21 heavy (non-hydrogen) atoms. The van der Waals surface area contributed by atoms with Crippen molar-refractivity contribution in [2.45, 2.75) is 18.9 Å². The zero-order valence-corrected chi connectivity index (χ0v) is 11.4. The largest absolute Gasteiger partial charge is 0.481 e. The van der Waals surface area contributed by atoms with Crippen LogP contribution in [0.5, 0.6) is 0 Å². The molecule has 5 heteroatoms. The number of pyridine rings is 1. The Morgan fingerprint density at radius 2 is 1.90 bits per heavy atom. The molecule has 2 N–H and O–H groups in total. The first kappa shape index (κ1) is 14.7. The second kappa shape index (κ2) is 7.19. The van der Waals surface area contributed by atoms with Crippen LogP contribution < -0.4 is 5.32 Å². The van der Waals surface area contributed by atoms with E-state index in [1.807, 2.05) is 30.3 Å². The summed E-state index contributed by atoms with van der Waals surface area (Å²) >= 11 is 0. The van der Waals surface area contributed by atoms with Gasteiger partial charge in [-0.15, -0.1) is 0 Å². The number of carboxylic acid groups (broad SMARTS) is 1. The molecule has 0 aliphatic heterocycles. The SMILES string of the molecule is O=C(O)C[C@H](NC(=O)Cc1ccccc1)c1cccnc1. The molecule has 0 radical (unpaired) electrons. The number of aliphatic carboxylic acids is 1. The summed E-state index contributed by atoms with van der Waals surface area (Å²) in [5.41, 5.74) is 1.57. The van der Waals surface area contributed by atoms with Crippen LogP contribution in [0.15, 0.2) is 54.9 Å². The monoisotopic (exact) mass is 284 g/mol. The Labute approximate surface area is 122 Å². The van der Waals surface area contributed by atoms with E-state index < -0.39 is 12.0 Å². The van der Waals surface area contributed by atoms with Gasteiger partial charge in [0.05, 0.1) is 18.9 Å². The van der Waals surface area contributed by atoms with E-state index in [-0.39, 0.29) is 18.7 Å². The first-order valence-electron chi connectivity index (χ1n) is 6.60. The Bertz CT molecular complexity index is 599. The predicted octanol–water partition coefficient (Wildman–Crippen LogP) is 1.96. The van der Waals surface area contributed by atoms with Gasteiger partial charge in [0.2, 0.25) is 5.91 Å². The summed E-state index contributed by atoms with van der Waals surface area (Å²) < 4.78 is 0. The molecule has 1 aromatic carbocycles. The normalized spacial score (nSPS) is 11.6. The molecule has 1 heterocycles. The summed E-state index contributed by atoms with van der Waals surface area (Å²) in [5, 5.41) is 11.7. The van der Waals surface area contributed by atoms with Gasteiger partial charge in [-0.05, 0) is 17.2 Å². The molecule has 1 amide bonds. The molecular weight excluding hydrogens is 268 g/mol. The quantitative estimate of drug-likeness (QED) is 0.849. The molecule has 0 spiro atoms. The van der Waals surface area contributed by atoms with Crippen LogP contribution in [-0.2, 0) is 16.0 Å². The van der Waals surface area contributed by atoms with Gasteiger partial charge in [0.1, 0.15) is 0 Å². The standard InChI is InChI=1S/C16H16N2O3/c19-15(9-12-5-2-1-3-6-12)18-14(10-16(20)21)13-7-4-8-17-11-13/h1-8,11,14H,9-10H2,(H,18,19)(H,20,21)/t14-/m0/s1. The van der Waals surface area contributed by atoms with Crippen molar-refractivity contribution < 1.29 is 14.7 Å². The molecule has 0 fully saturated rings. The third kappa shape index (κ3) is 4.72. The Kier molecular flexibility index (Phi) is 5.04. The molecule has 0 aliphatic rings. The fourth-order valence-electron chi connectivity index (χ4n) is 2.04. The van der Waals surface area contributed by atoms with Crippen LogP contribution in [0.1, 0.15) is 23.6 Å². The average Bonchev–Trinajstić information content (AvgIpc) is 2.48. The van der Waals surface area contributed by atoms with E-state index in [1.165, 1.54) is 0 Å². The molecule has 5 nitrogen and oxygen atoms in total. The van der Waals surface area contributed by atoms with Gasteiger partial charge >= 0.3 is 5.97 Å². The highest BCUT2D eigenvalue weighted by atomic mass is 16.4. The van der Waals surface area contributed by atoms with Gasteiger partial charge in [-0.1, -0.05) is 36.4 Å². The molecule has 1 aromatic heterocycles. The lowest BCUT2D eigenvalue weighted by Crippen LogP contribution is -2.31. The van der Waals surface area contributed by atoms with Crippen LogP contribution in [0.2, 0.25) is 0 Å². The number of hydrogen-bond acceptors (Lipinski definition) is 3. The number of carbonyl (C=O) groups is 2. The van der Waals surface area contributed by atoms with Crippen LogP contribution in [-0.4, -0.2) is 22.0 Å². The minimum atomic E-state index is -0.969. The fraction of sp³-hybridized carbons (Fsp3) is 0.188. The molecule has 108 valence electrons. The lowest BCUT2D eigenvalue weighted by atomic mass is 10.1. The van der Waals surface area contributed by atoms with Crippen LogP contribution in [0.4, 0.5) is 0 Å². The second-order valence-electron chi connectivity index (χ2n) is 4.67. The van der Waals surface area contributed by atoms with Crippen LogP contribution in [0.3, 0.4) is 0 Å². The maximum absolute atomic E-state index is 12.1. The van der Waals surface area contributed by atoms with E-state index in [0.29, 0.717) is 5.56 Å². The number of benzene rings is 1. The van der Waals surface area contributed by atoms with Gasteiger partial charge in [0, 0.05) is 12.4 Å². The number of nitrogens with zero attached hydrogens (tertiary/aromatic N) is 1. The Morgan fingerprint density at radius 3 is 2.52 bits per heavy atom. The third-order valence-corrected chi connectivity index (χ3v) is 3.01. The van der Waals surface area contributed by atoms with E-state index in [4.69, 9.17) is 5.11 Å². The maximum atomic E-state index is 12.1. The first-order chi connectivity index (χ1) is 10.1. The van der Waals surface area contributed by atoms with Crippen molar-refractivity contribution in [2.24, 2.45) is 0 Å². The van der Waals surface area contributed by atoms with Crippen molar-refractivity contribution >= 4 is 11.9 Å². The van der Waals surface area contributed by atoms with Gasteiger partial charge in [-0.2, -0.15) is 0 Å². The molecule has 0 saturated carbocycles. The smallest absolute Gasteiger partial charge is 0.305 e. The number of carbonyl (C=O) groups excluding carboxylic acids is 1. The van der Waals surface area contributed by atoms with Crippen molar-refractivity contribution in [3.8, 4) is 0 Å². The summed E-state index contributed by atoms with van der Waals surface area (Å²) in [5.74, 6) is -1.18. The van der Waals surface area contributed by atoms with E-state index >= 15 is 0 Å². The summed E-state index contributed by atoms with van der Waals surface area (Å²) in [6.45, 7) is 0. The number of aromatic nitrogens is 1. The number of nitrogens with one attached hydrogen (secondary N) is 1. The highest BCUT2D eigenvalue weighted by Crippen LogP contribution is 2.16. The number of rotatable bonds is 6. The van der Waals surface area contributed by atoms with E-state index in [2.05, 4.69) is 10.3 Å². The molecule has 0 aliphatic carbocycles. The third-order valence-electron chi connectivity index (χ3n) is 3.01. The molecule has 2 rings (SSSR count). The minimum absolute atomic E-state index is 0.174. The fourth-order valence-corrected chi connectivity index (χ4v) is 2.04. The van der Waals surface area contributed by atoms with E-state index in [0.717, 1.165) is 5.56 Å². The van der Waals surface area contributed by atoms with Gasteiger partial charge in [0.25, 0.3) is 0 Å². The Morgan fingerprint density at radius 1 is 1.14 bits per heavy atom. The molecule has 1 atom stereocenters. The van der Waals surface area contributed by atoms with Crippen LogP contribution in [0, 0.1) is 0 Å². The summed E-state index contributed by atoms with van der Waals surface area (Å²) in [4.78, 5) is 27.0. The van der Waals surface area contributed by atoms with E-state index in [9.17, 15) is 9.59 Å². The summed E-state index contributed by atoms with van der Waals surface area (Å²) in [7, 11) is 0. The molecular formula is C16H16N2O3. The molecule has 0 bridgehead atoms. The van der Waals surface area contributed by atoms with Gasteiger partial charge in [0.15, 0.2) is 0 Å². The van der Waals surface area contributed by atoms with Crippen LogP contribution in [0.25, 0.3) is 0 Å². The lowest BCUT2D eigenvalue weighted by molar-refractivity contribution is -0.137. The first-order valence-corrected chi connectivity index (χ1v) is 6.60. The second-order valence-corrected chi connectivity index (χ2v) is 4.67. The predicted molar refractivity (Wildman–Crippen MR) is 77.5 cm³/mol. The Hall–Kier alpha value is -2.69. The molecule has 0 saturated heterocycles. The Balaban J connectivity index is 2.05. The van der Waals surface area contributed by atoms with Crippen molar-refractivity contribution in [3.05, 3.63) is 66.0 Å². The van der Waals surface area contributed by atoms with Gasteiger partial charge < -0.3 is 10.4 Å². The summed E-state index contributed by atoms with van der Waals surface area (Å²) in [6, 6.07) is 12.2. The number of amides is 1. The van der Waals surface area contributed by atoms with Crippen molar-refractivity contribution in [1.29, 1.82) is 0 Å². The van der Waals surface area contributed by atoms with Crippen LogP contribution >= 0.6 is 0 Å². The molecule has 0 unspecified atom stereocenters. The highest BCUT2D eigenvalue weighted by molar-refractivity contribution is 5.80. The van der Waals surface area contributed by atoms with Gasteiger partial charge in [-0.3, -0.25) is 14.6 Å². The van der Waals surface area contributed by atoms with Gasteiger partial charge in [-0.25, -0.2) is 0 Å². The summed E-state index contributed by atoms with van der Waals surface area (Å²) in [6.07, 6.45) is 3.22.